The monoisotopic (exact) mass is 340 g/mol. The van der Waals surface area contributed by atoms with E-state index in [0.29, 0.717) is 5.92 Å². The first-order chi connectivity index (χ1) is 12.2. The maximum absolute atomic E-state index is 12.1. The highest BCUT2D eigenvalue weighted by Gasteiger charge is 2.27. The van der Waals surface area contributed by atoms with Crippen LogP contribution < -0.4 is 10.6 Å². The number of hydrogen-bond donors (Lipinski definition) is 2. The number of carbonyl (C=O) groups excluding carboxylic acids is 1. The highest BCUT2D eigenvalue weighted by atomic mass is 16.1. The van der Waals surface area contributed by atoms with Crippen molar-refractivity contribution < 1.29 is 4.79 Å². The first-order valence-electron chi connectivity index (χ1n) is 8.44. The van der Waals surface area contributed by atoms with Crippen LogP contribution in [0, 0.1) is 0 Å². The zero-order valence-electron chi connectivity index (χ0n) is 14.6. The van der Waals surface area contributed by atoms with E-state index in [1.165, 1.54) is 5.56 Å². The molecule has 1 aliphatic rings. The number of rotatable bonds is 4. The molecule has 1 aliphatic heterocycles. The van der Waals surface area contributed by atoms with Crippen LogP contribution in [-0.2, 0) is 11.8 Å². The zero-order chi connectivity index (χ0) is 17.6. The molecule has 0 spiro atoms. The van der Waals surface area contributed by atoms with Crippen LogP contribution in [0.1, 0.15) is 17.9 Å². The molecular weight excluding hydrogens is 316 g/mol. The summed E-state index contributed by atoms with van der Waals surface area (Å²) in [4.78, 5) is 18.6. The van der Waals surface area contributed by atoms with Gasteiger partial charge in [-0.3, -0.25) is 14.5 Å². The fraction of sp³-hybridized carbons (Fsp3) is 0.389. The topological polar surface area (TPSA) is 74.6 Å². The van der Waals surface area contributed by atoms with Crippen LogP contribution in [0.3, 0.4) is 0 Å². The molecule has 7 heteroatoms. The lowest BCUT2D eigenvalue weighted by atomic mass is 10.0. The minimum absolute atomic E-state index is 0.0876. The van der Waals surface area contributed by atoms with E-state index >= 15 is 0 Å². The van der Waals surface area contributed by atoms with Crippen LogP contribution in [0.2, 0.25) is 0 Å². The highest BCUT2D eigenvalue weighted by molar-refractivity contribution is 5.95. The minimum Gasteiger partial charge on any atom is -0.347 e. The molecular formula is C18H24N6O. The Kier molecular flexibility index (Phi) is 5.33. The fourth-order valence-electron chi connectivity index (χ4n) is 3.09. The van der Waals surface area contributed by atoms with Crippen LogP contribution in [0.25, 0.3) is 0 Å². The maximum atomic E-state index is 12.1. The smallest absolute Gasteiger partial charge is 0.243 e. The van der Waals surface area contributed by atoms with E-state index in [9.17, 15) is 4.79 Å². The van der Waals surface area contributed by atoms with E-state index in [-0.39, 0.29) is 12.5 Å². The Morgan fingerprint density at radius 2 is 2.16 bits per heavy atom. The summed E-state index contributed by atoms with van der Waals surface area (Å²) in [6.45, 7) is 1.99. The van der Waals surface area contributed by atoms with Gasteiger partial charge in [-0.2, -0.15) is 5.10 Å². The highest BCUT2D eigenvalue weighted by Crippen LogP contribution is 2.26. The summed E-state index contributed by atoms with van der Waals surface area (Å²) in [6.07, 6.45) is 5.05. The van der Waals surface area contributed by atoms with Crippen molar-refractivity contribution in [1.29, 1.82) is 0 Å². The molecule has 1 aromatic carbocycles. The molecule has 2 heterocycles. The molecule has 0 bridgehead atoms. The van der Waals surface area contributed by atoms with Gasteiger partial charge in [-0.25, -0.2) is 0 Å². The Morgan fingerprint density at radius 3 is 2.84 bits per heavy atom. The Morgan fingerprint density at radius 1 is 1.36 bits per heavy atom. The van der Waals surface area contributed by atoms with E-state index in [2.05, 4.69) is 31.8 Å². The predicted molar refractivity (Wildman–Crippen MR) is 98.6 cm³/mol. The Labute approximate surface area is 147 Å². The Balaban J connectivity index is 1.50. The molecule has 25 heavy (non-hydrogen) atoms. The van der Waals surface area contributed by atoms with Gasteiger partial charge in [0, 0.05) is 45.0 Å². The van der Waals surface area contributed by atoms with Crippen LogP contribution >= 0.6 is 0 Å². The van der Waals surface area contributed by atoms with E-state index < -0.39 is 0 Å². The number of hydrogen-bond acceptors (Lipinski definition) is 3. The molecule has 1 amide bonds. The van der Waals surface area contributed by atoms with Gasteiger partial charge in [-0.15, -0.1) is 0 Å². The van der Waals surface area contributed by atoms with Crippen molar-refractivity contribution in [2.75, 3.05) is 32.0 Å². The summed E-state index contributed by atoms with van der Waals surface area (Å²) < 4.78 is 1.83. The van der Waals surface area contributed by atoms with Crippen molar-refractivity contribution in [3.05, 3.63) is 48.3 Å². The van der Waals surface area contributed by atoms with Crippen molar-refractivity contribution in [2.24, 2.45) is 12.0 Å². The van der Waals surface area contributed by atoms with Gasteiger partial charge >= 0.3 is 0 Å². The van der Waals surface area contributed by atoms with Gasteiger partial charge in [-0.1, -0.05) is 18.2 Å². The van der Waals surface area contributed by atoms with Crippen molar-refractivity contribution in [3.8, 4) is 0 Å². The maximum Gasteiger partial charge on any atom is 0.243 e. The number of likely N-dealkylation sites (tertiary alicyclic amines) is 1. The van der Waals surface area contributed by atoms with Crippen molar-refractivity contribution in [3.63, 3.8) is 0 Å². The number of guanidine groups is 1. The average molecular weight is 340 g/mol. The molecule has 0 radical (unpaired) electrons. The molecule has 1 saturated heterocycles. The summed E-state index contributed by atoms with van der Waals surface area (Å²) in [5, 5.41) is 10.3. The van der Waals surface area contributed by atoms with Gasteiger partial charge in [0.1, 0.15) is 0 Å². The fourth-order valence-corrected chi connectivity index (χ4v) is 3.09. The van der Waals surface area contributed by atoms with Crippen LogP contribution in [0.5, 0.6) is 0 Å². The molecule has 2 N–H and O–H groups in total. The van der Waals surface area contributed by atoms with Gasteiger partial charge in [0.05, 0.1) is 12.7 Å². The van der Waals surface area contributed by atoms with Crippen molar-refractivity contribution >= 4 is 17.6 Å². The van der Waals surface area contributed by atoms with E-state index in [0.717, 1.165) is 31.2 Å². The lowest BCUT2D eigenvalue weighted by molar-refractivity contribution is -0.115. The number of nitrogens with zero attached hydrogens (tertiary/aromatic N) is 4. The van der Waals surface area contributed by atoms with E-state index in [4.69, 9.17) is 0 Å². The van der Waals surface area contributed by atoms with Gasteiger partial charge < -0.3 is 15.5 Å². The molecule has 3 rings (SSSR count). The first-order valence-corrected chi connectivity index (χ1v) is 8.44. The Hall–Kier alpha value is -2.83. The second-order valence-electron chi connectivity index (χ2n) is 6.19. The third-order valence-electron chi connectivity index (χ3n) is 4.36. The zero-order valence-corrected chi connectivity index (χ0v) is 14.6. The lowest BCUT2D eigenvalue weighted by Crippen LogP contribution is -2.43. The van der Waals surface area contributed by atoms with Gasteiger partial charge in [0.25, 0.3) is 0 Å². The van der Waals surface area contributed by atoms with Crippen LogP contribution in [0.4, 0.5) is 5.69 Å². The summed E-state index contributed by atoms with van der Waals surface area (Å²) in [7, 11) is 3.68. The number of aliphatic imine (C=N–C) groups is 1. The number of amides is 1. The number of benzene rings is 1. The minimum atomic E-state index is -0.0876. The molecule has 7 nitrogen and oxygen atoms in total. The normalized spacial score (nSPS) is 17.6. The third-order valence-corrected chi connectivity index (χ3v) is 4.36. The number of para-hydroxylation sites is 1. The lowest BCUT2D eigenvalue weighted by Gasteiger charge is -2.21. The summed E-state index contributed by atoms with van der Waals surface area (Å²) in [6, 6.07) is 9.44. The van der Waals surface area contributed by atoms with Gasteiger partial charge in [-0.05, 0) is 24.1 Å². The first kappa shape index (κ1) is 17.0. The summed E-state index contributed by atoms with van der Waals surface area (Å²) in [5.74, 6) is 1.12. The molecule has 0 aliphatic carbocycles. The second kappa shape index (κ2) is 7.83. The number of anilines is 1. The predicted octanol–water partition coefficient (Wildman–Crippen LogP) is 1.42. The van der Waals surface area contributed by atoms with Gasteiger partial charge in [0.15, 0.2) is 5.96 Å². The number of carbonyl (C=O) groups is 1. The molecule has 1 atom stereocenters. The van der Waals surface area contributed by atoms with Crippen molar-refractivity contribution in [2.45, 2.75) is 12.3 Å². The molecule has 0 saturated carbocycles. The molecule has 1 aromatic heterocycles. The van der Waals surface area contributed by atoms with Crippen LogP contribution in [-0.4, -0.2) is 53.2 Å². The van der Waals surface area contributed by atoms with E-state index in [1.807, 2.05) is 48.3 Å². The Bertz CT molecular complexity index is 739. The SMILES string of the molecule is CN=C(NCC(=O)Nc1ccccc1)N1CCC(c2cnn(C)c2)C1. The summed E-state index contributed by atoms with van der Waals surface area (Å²) >= 11 is 0. The average Bonchev–Trinajstić information content (AvgIpc) is 3.25. The van der Waals surface area contributed by atoms with Gasteiger partial charge in [0.2, 0.25) is 5.91 Å². The second-order valence-corrected chi connectivity index (χ2v) is 6.19. The third kappa shape index (κ3) is 4.37. The van der Waals surface area contributed by atoms with Crippen molar-refractivity contribution in [1.82, 2.24) is 20.0 Å². The summed E-state index contributed by atoms with van der Waals surface area (Å²) in [5.41, 5.74) is 2.05. The molecule has 1 fully saturated rings. The molecule has 1 unspecified atom stereocenters. The number of aromatic nitrogens is 2. The van der Waals surface area contributed by atoms with E-state index in [1.54, 1.807) is 7.05 Å². The standard InChI is InChI=1S/C18H24N6O/c1-19-18(20-11-17(25)22-16-6-4-3-5-7-16)24-9-8-14(13-24)15-10-21-23(2)12-15/h3-7,10,12,14H,8-9,11,13H2,1-2H3,(H,19,20)(H,22,25). The molecule has 2 aromatic rings. The quantitative estimate of drug-likeness (QED) is 0.652. The number of aryl methyl sites for hydroxylation is 1. The number of nitrogens with one attached hydrogen (secondary N) is 2. The largest absolute Gasteiger partial charge is 0.347 e. The molecule has 132 valence electrons. The van der Waals surface area contributed by atoms with Crippen LogP contribution in [0.15, 0.2) is 47.7 Å².